The van der Waals surface area contributed by atoms with E-state index in [1.165, 1.54) is 0 Å². The summed E-state index contributed by atoms with van der Waals surface area (Å²) in [4.78, 5) is 15.6. The number of anilines is 1. The van der Waals surface area contributed by atoms with Crippen LogP contribution in [0.25, 0.3) is 5.82 Å². The maximum atomic E-state index is 13.5. The van der Waals surface area contributed by atoms with Crippen LogP contribution in [0.2, 0.25) is 0 Å². The lowest BCUT2D eigenvalue weighted by Crippen LogP contribution is -2.36. The standard InChI is InChI=1S/C28H23N3O3/c1-18-6-4-7-20(14-18)31-22-8-5-9-23(32)27(22)26(19-10-11-24-25(15-19)34-17-33-24)21(16-29)28(31)30-12-2-3-13-30/h2-4,6-7,10-15,26H,5,8-9,17H2,1H3/t26-/m1/s1. The van der Waals surface area contributed by atoms with E-state index in [1.807, 2.05) is 59.4 Å². The van der Waals surface area contributed by atoms with E-state index in [2.05, 4.69) is 30.0 Å². The molecule has 2 aliphatic heterocycles. The highest BCUT2D eigenvalue weighted by Crippen LogP contribution is 2.50. The van der Waals surface area contributed by atoms with Gasteiger partial charge in [0.2, 0.25) is 6.79 Å². The summed E-state index contributed by atoms with van der Waals surface area (Å²) in [5.74, 6) is 1.71. The van der Waals surface area contributed by atoms with Gasteiger partial charge < -0.3 is 14.0 Å². The fourth-order valence-electron chi connectivity index (χ4n) is 5.24. The topological polar surface area (TPSA) is 67.5 Å². The van der Waals surface area contributed by atoms with Gasteiger partial charge in [-0.1, -0.05) is 18.2 Å². The van der Waals surface area contributed by atoms with E-state index < -0.39 is 5.92 Å². The molecule has 168 valence electrons. The van der Waals surface area contributed by atoms with E-state index >= 15 is 0 Å². The third-order valence-corrected chi connectivity index (χ3v) is 6.69. The van der Waals surface area contributed by atoms with Crippen molar-refractivity contribution in [3.8, 4) is 17.6 Å². The van der Waals surface area contributed by atoms with Gasteiger partial charge >= 0.3 is 0 Å². The van der Waals surface area contributed by atoms with Crippen LogP contribution in [0.3, 0.4) is 0 Å². The largest absolute Gasteiger partial charge is 0.454 e. The van der Waals surface area contributed by atoms with Crippen LogP contribution in [0.1, 0.15) is 36.3 Å². The molecule has 0 fully saturated rings. The molecular formula is C28H23N3O3. The normalized spacial score (nSPS) is 19.4. The summed E-state index contributed by atoms with van der Waals surface area (Å²) in [5, 5.41) is 10.5. The van der Waals surface area contributed by atoms with Gasteiger partial charge in [-0.15, -0.1) is 0 Å². The second-order valence-corrected chi connectivity index (χ2v) is 8.80. The molecule has 0 saturated carbocycles. The highest BCUT2D eigenvalue weighted by Gasteiger charge is 2.42. The Bertz CT molecular complexity index is 1410. The van der Waals surface area contributed by atoms with E-state index in [0.717, 1.165) is 41.2 Å². The first-order chi connectivity index (χ1) is 16.7. The number of aryl methyl sites for hydroxylation is 1. The molecule has 34 heavy (non-hydrogen) atoms. The number of carbonyl (C=O) groups is 1. The number of fused-ring (bicyclic) bond motifs is 1. The van der Waals surface area contributed by atoms with Crippen molar-refractivity contribution >= 4 is 17.3 Å². The number of hydrogen-bond donors (Lipinski definition) is 0. The van der Waals surface area contributed by atoms with Crippen LogP contribution in [0, 0.1) is 18.3 Å². The van der Waals surface area contributed by atoms with Crippen LogP contribution >= 0.6 is 0 Å². The molecule has 2 aromatic carbocycles. The molecule has 0 bridgehead atoms. The van der Waals surface area contributed by atoms with Crippen LogP contribution in [-0.4, -0.2) is 17.1 Å². The average Bonchev–Trinajstić information content (AvgIpc) is 3.54. The van der Waals surface area contributed by atoms with Crippen molar-refractivity contribution < 1.29 is 14.3 Å². The molecule has 0 N–H and O–H groups in total. The predicted octanol–water partition coefficient (Wildman–Crippen LogP) is 5.53. The minimum Gasteiger partial charge on any atom is -0.454 e. The van der Waals surface area contributed by atoms with Crippen molar-refractivity contribution in [3.05, 3.63) is 95.0 Å². The van der Waals surface area contributed by atoms with Crippen LogP contribution in [-0.2, 0) is 4.79 Å². The molecule has 6 heteroatoms. The first kappa shape index (κ1) is 20.4. The van der Waals surface area contributed by atoms with Crippen molar-refractivity contribution in [1.82, 2.24) is 4.57 Å². The van der Waals surface area contributed by atoms with Gasteiger partial charge in [-0.05, 0) is 67.3 Å². The Morgan fingerprint density at radius 1 is 1.00 bits per heavy atom. The maximum Gasteiger partial charge on any atom is 0.231 e. The number of nitriles is 1. The Labute approximate surface area is 197 Å². The van der Waals surface area contributed by atoms with Crippen LogP contribution in [0.15, 0.2) is 83.8 Å². The Kier molecular flexibility index (Phi) is 4.77. The fraction of sp³-hybridized carbons (Fsp3) is 0.214. The molecule has 3 aliphatic rings. The van der Waals surface area contributed by atoms with Gasteiger partial charge in [0.25, 0.3) is 0 Å². The third kappa shape index (κ3) is 3.12. The zero-order valence-corrected chi connectivity index (χ0v) is 18.8. The lowest BCUT2D eigenvalue weighted by atomic mass is 9.75. The van der Waals surface area contributed by atoms with Gasteiger partial charge in [0.1, 0.15) is 5.82 Å². The zero-order chi connectivity index (χ0) is 23.2. The number of ketones is 1. The minimum absolute atomic E-state index is 0.0980. The number of carbonyl (C=O) groups excluding carboxylic acids is 1. The van der Waals surface area contributed by atoms with Gasteiger partial charge in [0.15, 0.2) is 17.3 Å². The van der Waals surface area contributed by atoms with Gasteiger partial charge in [0, 0.05) is 35.8 Å². The van der Waals surface area contributed by atoms with E-state index in [9.17, 15) is 10.1 Å². The summed E-state index contributed by atoms with van der Waals surface area (Å²) < 4.78 is 13.1. The van der Waals surface area contributed by atoms with Crippen molar-refractivity contribution in [3.63, 3.8) is 0 Å². The predicted molar refractivity (Wildman–Crippen MR) is 128 cm³/mol. The molecule has 0 unspecified atom stereocenters. The van der Waals surface area contributed by atoms with Gasteiger partial charge in [0.05, 0.1) is 17.6 Å². The second kappa shape index (κ2) is 7.96. The molecule has 0 radical (unpaired) electrons. The Morgan fingerprint density at radius 3 is 2.62 bits per heavy atom. The molecule has 3 heterocycles. The minimum atomic E-state index is -0.472. The summed E-state index contributed by atoms with van der Waals surface area (Å²) in [6.45, 7) is 2.22. The first-order valence-corrected chi connectivity index (χ1v) is 11.5. The summed E-state index contributed by atoms with van der Waals surface area (Å²) in [7, 11) is 0. The molecular weight excluding hydrogens is 426 g/mol. The lowest BCUT2D eigenvalue weighted by Gasteiger charge is -2.41. The molecule has 6 rings (SSSR count). The highest BCUT2D eigenvalue weighted by atomic mass is 16.7. The molecule has 0 spiro atoms. The van der Waals surface area contributed by atoms with Crippen molar-refractivity contribution in [1.29, 1.82) is 5.26 Å². The smallest absolute Gasteiger partial charge is 0.231 e. The summed E-state index contributed by atoms with van der Waals surface area (Å²) >= 11 is 0. The second-order valence-electron chi connectivity index (χ2n) is 8.80. The number of allylic oxidation sites excluding steroid dienone is 3. The van der Waals surface area contributed by atoms with Gasteiger partial charge in [-0.25, -0.2) is 0 Å². The number of rotatable bonds is 3. The quantitative estimate of drug-likeness (QED) is 0.526. The van der Waals surface area contributed by atoms with Crippen LogP contribution < -0.4 is 14.4 Å². The SMILES string of the molecule is Cc1cccc(N2C3=C(C(=O)CCC3)[C@H](c3ccc4c(c3)OCO4)C(C#N)=C2n2cccc2)c1. The molecule has 3 aromatic rings. The summed E-state index contributed by atoms with van der Waals surface area (Å²) in [6, 6.07) is 20.3. The van der Waals surface area contributed by atoms with Crippen molar-refractivity contribution in [2.24, 2.45) is 0 Å². The van der Waals surface area contributed by atoms with Gasteiger partial charge in [-0.2, -0.15) is 5.26 Å². The van der Waals surface area contributed by atoms with E-state index in [-0.39, 0.29) is 12.6 Å². The molecule has 1 aromatic heterocycles. The Hall–Kier alpha value is -4.24. The Morgan fingerprint density at radius 2 is 1.82 bits per heavy atom. The summed E-state index contributed by atoms with van der Waals surface area (Å²) in [5.41, 5.74) is 5.13. The van der Waals surface area contributed by atoms with E-state index in [4.69, 9.17) is 9.47 Å². The molecule has 1 aliphatic carbocycles. The number of hydrogen-bond acceptors (Lipinski definition) is 5. The monoisotopic (exact) mass is 449 g/mol. The number of Topliss-reactive ketones (excluding diaryl/α,β-unsaturated/α-hetero) is 1. The number of aromatic nitrogens is 1. The third-order valence-electron chi connectivity index (χ3n) is 6.69. The highest BCUT2D eigenvalue weighted by molar-refractivity contribution is 6.03. The maximum absolute atomic E-state index is 13.5. The lowest BCUT2D eigenvalue weighted by molar-refractivity contribution is -0.116. The number of benzene rings is 2. The molecule has 0 amide bonds. The average molecular weight is 450 g/mol. The van der Waals surface area contributed by atoms with Crippen molar-refractivity contribution in [2.75, 3.05) is 11.7 Å². The zero-order valence-electron chi connectivity index (χ0n) is 18.8. The number of nitrogens with zero attached hydrogens (tertiary/aromatic N) is 3. The van der Waals surface area contributed by atoms with Crippen LogP contribution in [0.5, 0.6) is 11.5 Å². The number of ether oxygens (including phenoxy) is 2. The van der Waals surface area contributed by atoms with E-state index in [0.29, 0.717) is 29.1 Å². The fourth-order valence-corrected chi connectivity index (χ4v) is 5.24. The molecule has 1 atom stereocenters. The van der Waals surface area contributed by atoms with E-state index in [1.54, 1.807) is 0 Å². The van der Waals surface area contributed by atoms with Gasteiger partial charge in [-0.3, -0.25) is 9.69 Å². The van der Waals surface area contributed by atoms with Crippen molar-refractivity contribution in [2.45, 2.75) is 32.1 Å². The van der Waals surface area contributed by atoms with Crippen LogP contribution in [0.4, 0.5) is 5.69 Å². The first-order valence-electron chi connectivity index (χ1n) is 11.5. The molecule has 0 saturated heterocycles. The molecule has 6 nitrogen and oxygen atoms in total. The summed E-state index contributed by atoms with van der Waals surface area (Å²) in [6.07, 6.45) is 5.93. The Balaban J connectivity index is 1.65.